The maximum Gasteiger partial charge on any atom is 0.262 e. The van der Waals surface area contributed by atoms with Gasteiger partial charge < -0.3 is 0 Å². The molecule has 0 saturated carbocycles. The first-order valence-electron chi connectivity index (χ1n) is 6.01. The molecule has 118 valence electrons. The second-order valence-corrected chi connectivity index (χ2v) is 7.85. The van der Waals surface area contributed by atoms with Gasteiger partial charge in [0.2, 0.25) is 10.0 Å². The summed E-state index contributed by atoms with van der Waals surface area (Å²) >= 11 is 0. The van der Waals surface area contributed by atoms with E-state index in [0.29, 0.717) is 5.56 Å². The van der Waals surface area contributed by atoms with E-state index in [9.17, 15) is 21.2 Å². The van der Waals surface area contributed by atoms with Crippen LogP contribution in [0.2, 0.25) is 0 Å². The Morgan fingerprint density at radius 2 is 1.64 bits per heavy atom. The summed E-state index contributed by atoms with van der Waals surface area (Å²) in [4.78, 5) is -0.681. The minimum absolute atomic E-state index is 0.221. The van der Waals surface area contributed by atoms with Crippen molar-refractivity contribution in [1.29, 1.82) is 0 Å². The Bertz CT molecular complexity index is 925. The van der Waals surface area contributed by atoms with Crippen molar-refractivity contribution in [2.24, 2.45) is 5.14 Å². The van der Waals surface area contributed by atoms with Crippen molar-refractivity contribution in [3.63, 3.8) is 0 Å². The van der Waals surface area contributed by atoms with Gasteiger partial charge in [-0.25, -0.2) is 26.4 Å². The lowest BCUT2D eigenvalue weighted by Gasteiger charge is -2.10. The summed E-state index contributed by atoms with van der Waals surface area (Å²) in [5, 5.41) is 4.96. The summed E-state index contributed by atoms with van der Waals surface area (Å²) in [6, 6.07) is 8.46. The molecular weight excluding hydrogens is 331 g/mol. The Kier molecular flexibility index (Phi) is 4.23. The van der Waals surface area contributed by atoms with Gasteiger partial charge in [0.05, 0.1) is 15.5 Å². The van der Waals surface area contributed by atoms with E-state index >= 15 is 0 Å². The second kappa shape index (κ2) is 5.67. The van der Waals surface area contributed by atoms with Crippen molar-refractivity contribution in [3.05, 3.63) is 53.8 Å². The van der Waals surface area contributed by atoms with Crippen LogP contribution < -0.4 is 9.86 Å². The van der Waals surface area contributed by atoms with Crippen LogP contribution in [-0.2, 0) is 20.0 Å². The maximum absolute atomic E-state index is 13.6. The summed E-state index contributed by atoms with van der Waals surface area (Å²) in [5.41, 5.74) is 0.443. The summed E-state index contributed by atoms with van der Waals surface area (Å²) in [6.45, 7) is 1.68. The maximum atomic E-state index is 13.6. The van der Waals surface area contributed by atoms with E-state index in [1.165, 1.54) is 30.3 Å². The highest BCUT2D eigenvalue weighted by atomic mass is 32.2. The van der Waals surface area contributed by atoms with Crippen LogP contribution in [0.25, 0.3) is 0 Å². The number of rotatable bonds is 4. The van der Waals surface area contributed by atoms with Crippen molar-refractivity contribution in [1.82, 2.24) is 0 Å². The Morgan fingerprint density at radius 1 is 1.00 bits per heavy atom. The van der Waals surface area contributed by atoms with Crippen LogP contribution in [0.5, 0.6) is 0 Å². The molecule has 0 bridgehead atoms. The fourth-order valence-corrected chi connectivity index (χ4v) is 3.48. The molecule has 0 heterocycles. The number of nitrogens with one attached hydrogen (secondary N) is 1. The van der Waals surface area contributed by atoms with Crippen molar-refractivity contribution >= 4 is 25.7 Å². The molecule has 2 aromatic rings. The highest BCUT2D eigenvalue weighted by Gasteiger charge is 2.19. The minimum Gasteiger partial charge on any atom is -0.277 e. The van der Waals surface area contributed by atoms with E-state index in [1.54, 1.807) is 6.92 Å². The van der Waals surface area contributed by atoms with E-state index in [2.05, 4.69) is 4.72 Å². The molecule has 0 saturated heterocycles. The van der Waals surface area contributed by atoms with Crippen LogP contribution in [0.3, 0.4) is 0 Å². The SMILES string of the molecule is Cc1ccc(F)c(NS(=O)(=O)c2cccc(S(N)(=O)=O)c2)c1. The number of hydrogen-bond acceptors (Lipinski definition) is 4. The lowest BCUT2D eigenvalue weighted by atomic mass is 10.2. The van der Waals surface area contributed by atoms with Crippen LogP contribution in [0.15, 0.2) is 52.3 Å². The Balaban J connectivity index is 2.45. The van der Waals surface area contributed by atoms with E-state index in [-0.39, 0.29) is 15.5 Å². The van der Waals surface area contributed by atoms with Gasteiger partial charge >= 0.3 is 0 Å². The predicted octanol–water partition coefficient (Wildman–Crippen LogP) is 1.58. The quantitative estimate of drug-likeness (QED) is 0.878. The van der Waals surface area contributed by atoms with E-state index in [1.807, 2.05) is 0 Å². The van der Waals surface area contributed by atoms with E-state index in [0.717, 1.165) is 12.1 Å². The molecule has 0 aromatic heterocycles. The average molecular weight is 344 g/mol. The molecule has 2 rings (SSSR count). The molecular formula is C13H13FN2O4S2. The number of aryl methyl sites for hydroxylation is 1. The van der Waals surface area contributed by atoms with Gasteiger partial charge in [-0.05, 0) is 42.8 Å². The highest BCUT2D eigenvalue weighted by molar-refractivity contribution is 7.93. The molecule has 0 radical (unpaired) electrons. The molecule has 0 aliphatic heterocycles. The van der Waals surface area contributed by atoms with Crippen LogP contribution in [-0.4, -0.2) is 16.8 Å². The van der Waals surface area contributed by atoms with Gasteiger partial charge in [0.25, 0.3) is 10.0 Å². The molecule has 0 aliphatic carbocycles. The zero-order chi connectivity index (χ0) is 16.5. The third kappa shape index (κ3) is 3.62. The van der Waals surface area contributed by atoms with Crippen molar-refractivity contribution in [2.45, 2.75) is 16.7 Å². The normalized spacial score (nSPS) is 12.1. The van der Waals surface area contributed by atoms with Crippen molar-refractivity contribution < 1.29 is 21.2 Å². The number of nitrogens with two attached hydrogens (primary N) is 1. The number of hydrogen-bond donors (Lipinski definition) is 2. The van der Waals surface area contributed by atoms with Crippen LogP contribution in [0.4, 0.5) is 10.1 Å². The molecule has 2 aromatic carbocycles. The number of benzene rings is 2. The van der Waals surface area contributed by atoms with Gasteiger partial charge in [0.15, 0.2) is 0 Å². The molecule has 0 aliphatic rings. The zero-order valence-corrected chi connectivity index (χ0v) is 13.1. The smallest absolute Gasteiger partial charge is 0.262 e. The Labute approximate surface area is 127 Å². The number of sulfonamides is 2. The van der Waals surface area contributed by atoms with Crippen molar-refractivity contribution in [3.8, 4) is 0 Å². The first kappa shape index (κ1) is 16.4. The van der Waals surface area contributed by atoms with Gasteiger partial charge in [-0.1, -0.05) is 12.1 Å². The largest absolute Gasteiger partial charge is 0.277 e. The average Bonchev–Trinajstić information content (AvgIpc) is 2.42. The summed E-state index contributed by atoms with van der Waals surface area (Å²) < 4.78 is 62.7. The number of primary sulfonamides is 1. The molecule has 6 nitrogen and oxygen atoms in total. The van der Waals surface area contributed by atoms with E-state index < -0.39 is 25.9 Å². The molecule has 0 spiro atoms. The van der Waals surface area contributed by atoms with Crippen LogP contribution >= 0.6 is 0 Å². The van der Waals surface area contributed by atoms with Gasteiger partial charge in [-0.3, -0.25) is 4.72 Å². The summed E-state index contributed by atoms with van der Waals surface area (Å²) in [7, 11) is -8.19. The first-order valence-corrected chi connectivity index (χ1v) is 9.04. The molecule has 3 N–H and O–H groups in total. The standard InChI is InChI=1S/C13H13FN2O4S2/c1-9-5-6-12(14)13(7-9)16-22(19,20)11-4-2-3-10(8-11)21(15,17)18/h2-8,16H,1H3,(H2,15,17,18). The third-order valence-corrected chi connectivity index (χ3v) is 5.08. The Morgan fingerprint density at radius 3 is 2.27 bits per heavy atom. The number of halogens is 1. The van der Waals surface area contributed by atoms with Crippen molar-refractivity contribution in [2.75, 3.05) is 4.72 Å². The lowest BCUT2D eigenvalue weighted by molar-refractivity contribution is 0.596. The summed E-state index contributed by atoms with van der Waals surface area (Å²) in [6.07, 6.45) is 0. The van der Waals surface area contributed by atoms with E-state index in [4.69, 9.17) is 5.14 Å². The molecule has 22 heavy (non-hydrogen) atoms. The number of anilines is 1. The van der Waals surface area contributed by atoms with Gasteiger partial charge in [0.1, 0.15) is 5.82 Å². The fraction of sp³-hybridized carbons (Fsp3) is 0.0769. The Hall–Kier alpha value is -1.97. The first-order chi connectivity index (χ1) is 10.1. The second-order valence-electron chi connectivity index (χ2n) is 4.61. The monoisotopic (exact) mass is 344 g/mol. The van der Waals surface area contributed by atoms with Gasteiger partial charge in [-0.15, -0.1) is 0 Å². The predicted molar refractivity (Wildman–Crippen MR) is 79.8 cm³/mol. The van der Waals surface area contributed by atoms with Crippen LogP contribution in [0, 0.1) is 12.7 Å². The molecule has 0 atom stereocenters. The fourth-order valence-electron chi connectivity index (χ4n) is 1.74. The lowest BCUT2D eigenvalue weighted by Crippen LogP contribution is -2.16. The molecule has 0 fully saturated rings. The van der Waals surface area contributed by atoms with Gasteiger partial charge in [-0.2, -0.15) is 0 Å². The third-order valence-electron chi connectivity index (χ3n) is 2.81. The molecule has 0 unspecified atom stereocenters. The van der Waals surface area contributed by atoms with Gasteiger partial charge in [0, 0.05) is 0 Å². The van der Waals surface area contributed by atoms with Crippen LogP contribution in [0.1, 0.15) is 5.56 Å². The zero-order valence-electron chi connectivity index (χ0n) is 11.4. The topological polar surface area (TPSA) is 106 Å². The minimum atomic E-state index is -4.15. The highest BCUT2D eigenvalue weighted by Crippen LogP contribution is 2.21. The molecule has 9 heteroatoms. The summed E-state index contributed by atoms with van der Waals surface area (Å²) in [5.74, 6) is -0.739. The molecule has 0 amide bonds.